The molecule has 1 unspecified atom stereocenters. The fourth-order valence-electron chi connectivity index (χ4n) is 2.66. The Bertz CT molecular complexity index is 880. The van der Waals surface area contributed by atoms with Crippen LogP contribution in [0, 0.1) is 0 Å². The predicted octanol–water partition coefficient (Wildman–Crippen LogP) is 3.60. The Balaban J connectivity index is 1.77. The number of rotatable bonds is 6. The lowest BCUT2D eigenvalue weighted by Gasteiger charge is -2.15. The molecule has 134 valence electrons. The molecule has 0 saturated heterocycles. The van der Waals surface area contributed by atoms with Crippen molar-refractivity contribution in [1.29, 1.82) is 0 Å². The molecule has 0 spiro atoms. The number of amides is 1. The third-order valence-corrected chi connectivity index (χ3v) is 4.34. The Morgan fingerprint density at radius 2 is 1.88 bits per heavy atom. The predicted molar refractivity (Wildman–Crippen MR) is 101 cm³/mol. The van der Waals surface area contributed by atoms with Gasteiger partial charge < -0.3 is 19.7 Å². The Morgan fingerprint density at radius 1 is 1.19 bits per heavy atom. The van der Waals surface area contributed by atoms with E-state index in [4.69, 9.17) is 16.3 Å². The second-order valence-electron chi connectivity index (χ2n) is 5.73. The molecule has 0 aliphatic heterocycles. The van der Waals surface area contributed by atoms with E-state index in [9.17, 15) is 9.90 Å². The maximum atomic E-state index is 12.5. The van der Waals surface area contributed by atoms with E-state index in [1.807, 2.05) is 47.3 Å². The molecule has 0 saturated carbocycles. The fraction of sp³-hybridized carbons (Fsp3) is 0.150. The summed E-state index contributed by atoms with van der Waals surface area (Å²) in [7, 11) is 1.50. The van der Waals surface area contributed by atoms with Gasteiger partial charge in [0.1, 0.15) is 5.75 Å². The molecule has 1 atom stereocenters. The van der Waals surface area contributed by atoms with Crippen molar-refractivity contribution in [2.75, 3.05) is 13.7 Å². The van der Waals surface area contributed by atoms with Gasteiger partial charge in [-0.15, -0.1) is 0 Å². The van der Waals surface area contributed by atoms with Crippen LogP contribution in [0.3, 0.4) is 0 Å². The molecule has 6 heteroatoms. The van der Waals surface area contributed by atoms with Crippen LogP contribution >= 0.6 is 11.6 Å². The van der Waals surface area contributed by atoms with E-state index in [0.717, 1.165) is 11.3 Å². The number of aliphatic hydroxyl groups excluding tert-OH is 1. The van der Waals surface area contributed by atoms with Crippen LogP contribution < -0.4 is 10.1 Å². The number of methoxy groups -OCH3 is 1. The van der Waals surface area contributed by atoms with E-state index >= 15 is 0 Å². The van der Waals surface area contributed by atoms with Crippen LogP contribution in [0.5, 0.6) is 5.75 Å². The second-order valence-corrected chi connectivity index (χ2v) is 6.14. The van der Waals surface area contributed by atoms with E-state index < -0.39 is 6.10 Å². The van der Waals surface area contributed by atoms with Gasteiger partial charge in [0.15, 0.2) is 0 Å². The third kappa shape index (κ3) is 3.90. The van der Waals surface area contributed by atoms with Gasteiger partial charge in [0.05, 0.1) is 29.5 Å². The molecular weight excluding hydrogens is 352 g/mol. The van der Waals surface area contributed by atoms with Gasteiger partial charge in [-0.3, -0.25) is 4.79 Å². The van der Waals surface area contributed by atoms with Crippen LogP contribution in [-0.2, 0) is 0 Å². The average Bonchev–Trinajstić information content (AvgIpc) is 3.20. The molecule has 0 fully saturated rings. The number of ether oxygens (including phenoxy) is 1. The summed E-state index contributed by atoms with van der Waals surface area (Å²) < 4.78 is 7.20. The number of carbonyl (C=O) groups is 1. The Kier molecular flexibility index (Phi) is 5.61. The molecule has 2 N–H and O–H groups in total. The van der Waals surface area contributed by atoms with Gasteiger partial charge in [-0.25, -0.2) is 0 Å². The summed E-state index contributed by atoms with van der Waals surface area (Å²) in [5, 5.41) is 13.3. The zero-order chi connectivity index (χ0) is 18.5. The third-order valence-electron chi connectivity index (χ3n) is 4.04. The molecule has 2 aromatic carbocycles. The van der Waals surface area contributed by atoms with Gasteiger partial charge in [0.2, 0.25) is 0 Å². The lowest BCUT2D eigenvalue weighted by molar-refractivity contribution is 0.0913. The number of halogens is 1. The van der Waals surface area contributed by atoms with Gasteiger partial charge in [-0.05, 0) is 23.8 Å². The van der Waals surface area contributed by atoms with Crippen molar-refractivity contribution in [3.63, 3.8) is 0 Å². The van der Waals surface area contributed by atoms with E-state index in [1.54, 1.807) is 24.3 Å². The SMILES string of the molecule is COc1cc(-n2cccc2)c(Cl)cc1C(=O)NCC(O)c1ccccc1. The maximum absolute atomic E-state index is 12.5. The van der Waals surface area contributed by atoms with Crippen molar-refractivity contribution < 1.29 is 14.6 Å². The topological polar surface area (TPSA) is 63.5 Å². The van der Waals surface area contributed by atoms with E-state index in [0.29, 0.717) is 16.3 Å². The number of hydrogen-bond acceptors (Lipinski definition) is 3. The van der Waals surface area contributed by atoms with Crippen molar-refractivity contribution in [1.82, 2.24) is 9.88 Å². The smallest absolute Gasteiger partial charge is 0.255 e. The highest BCUT2D eigenvalue weighted by Gasteiger charge is 2.18. The average molecular weight is 371 g/mol. The fourth-order valence-corrected chi connectivity index (χ4v) is 2.92. The molecule has 1 heterocycles. The van der Waals surface area contributed by atoms with Gasteiger partial charge in [-0.1, -0.05) is 41.9 Å². The minimum Gasteiger partial charge on any atom is -0.496 e. The molecule has 0 aliphatic rings. The van der Waals surface area contributed by atoms with Crippen LogP contribution in [0.25, 0.3) is 5.69 Å². The highest BCUT2D eigenvalue weighted by molar-refractivity contribution is 6.33. The number of nitrogens with one attached hydrogen (secondary N) is 1. The summed E-state index contributed by atoms with van der Waals surface area (Å²) in [5.74, 6) is 0.0441. The molecule has 26 heavy (non-hydrogen) atoms. The van der Waals surface area contributed by atoms with Crippen LogP contribution in [-0.4, -0.2) is 29.2 Å². The first kappa shape index (κ1) is 18.0. The van der Waals surface area contributed by atoms with Crippen LogP contribution in [0.4, 0.5) is 0 Å². The zero-order valence-electron chi connectivity index (χ0n) is 14.2. The summed E-state index contributed by atoms with van der Waals surface area (Å²) >= 11 is 6.35. The summed E-state index contributed by atoms with van der Waals surface area (Å²) in [4.78, 5) is 12.5. The number of carbonyl (C=O) groups excluding carboxylic acids is 1. The first-order valence-electron chi connectivity index (χ1n) is 8.12. The Hall–Kier alpha value is -2.76. The van der Waals surface area contributed by atoms with Gasteiger partial charge >= 0.3 is 0 Å². The monoisotopic (exact) mass is 370 g/mol. The summed E-state index contributed by atoms with van der Waals surface area (Å²) in [6, 6.07) is 16.2. The Morgan fingerprint density at radius 3 is 2.54 bits per heavy atom. The zero-order valence-corrected chi connectivity index (χ0v) is 15.0. The molecule has 0 bridgehead atoms. The molecule has 1 amide bonds. The first-order chi connectivity index (χ1) is 12.6. The summed E-state index contributed by atoms with van der Waals surface area (Å²) in [6.45, 7) is 0.0863. The van der Waals surface area contributed by atoms with Gasteiger partial charge in [-0.2, -0.15) is 0 Å². The van der Waals surface area contributed by atoms with Crippen LogP contribution in [0.15, 0.2) is 67.0 Å². The number of nitrogens with zero attached hydrogens (tertiary/aromatic N) is 1. The van der Waals surface area contributed by atoms with Crippen LogP contribution in [0.2, 0.25) is 5.02 Å². The highest BCUT2D eigenvalue weighted by atomic mass is 35.5. The van der Waals surface area contributed by atoms with Crippen LogP contribution in [0.1, 0.15) is 22.0 Å². The summed E-state index contributed by atoms with van der Waals surface area (Å²) in [6.07, 6.45) is 2.92. The molecule has 3 aromatic rings. The maximum Gasteiger partial charge on any atom is 0.255 e. The molecule has 0 radical (unpaired) electrons. The van der Waals surface area contributed by atoms with Gasteiger partial charge in [0, 0.05) is 25.0 Å². The lowest BCUT2D eigenvalue weighted by atomic mass is 10.1. The van der Waals surface area contributed by atoms with Crippen molar-refractivity contribution in [2.24, 2.45) is 0 Å². The van der Waals surface area contributed by atoms with Gasteiger partial charge in [0.25, 0.3) is 5.91 Å². The van der Waals surface area contributed by atoms with Crippen molar-refractivity contribution in [3.05, 3.63) is 83.1 Å². The van der Waals surface area contributed by atoms with Crippen molar-refractivity contribution >= 4 is 17.5 Å². The molecule has 5 nitrogen and oxygen atoms in total. The van der Waals surface area contributed by atoms with Crippen molar-refractivity contribution in [2.45, 2.75) is 6.10 Å². The van der Waals surface area contributed by atoms with Crippen molar-refractivity contribution in [3.8, 4) is 11.4 Å². The Labute approximate surface area is 156 Å². The molecule has 3 rings (SSSR count). The second kappa shape index (κ2) is 8.08. The highest BCUT2D eigenvalue weighted by Crippen LogP contribution is 2.30. The number of aromatic nitrogens is 1. The van der Waals surface area contributed by atoms with E-state index in [1.165, 1.54) is 7.11 Å². The number of benzene rings is 2. The lowest BCUT2D eigenvalue weighted by Crippen LogP contribution is -2.28. The number of aliphatic hydroxyl groups is 1. The number of hydrogen-bond donors (Lipinski definition) is 2. The molecular formula is C20H19ClN2O3. The first-order valence-corrected chi connectivity index (χ1v) is 8.50. The molecule has 1 aromatic heterocycles. The summed E-state index contributed by atoms with van der Waals surface area (Å²) in [5.41, 5.74) is 1.77. The minimum absolute atomic E-state index is 0.0863. The van der Waals surface area contributed by atoms with E-state index in [2.05, 4.69) is 5.32 Å². The largest absolute Gasteiger partial charge is 0.496 e. The normalized spacial score (nSPS) is 11.8. The molecule has 0 aliphatic carbocycles. The minimum atomic E-state index is -0.791. The van der Waals surface area contributed by atoms with E-state index in [-0.39, 0.29) is 12.5 Å². The quantitative estimate of drug-likeness (QED) is 0.696. The standard InChI is InChI=1S/C20H19ClN2O3/c1-26-19-12-17(23-9-5-6-10-23)16(21)11-15(19)20(25)22-13-18(24)14-7-3-2-4-8-14/h2-12,18,24H,13H2,1H3,(H,22,25).